The minimum atomic E-state index is 0.450. The Morgan fingerprint density at radius 2 is 1.58 bits per heavy atom. The number of nitrogens with zero attached hydrogens (tertiary/aromatic N) is 1. The summed E-state index contributed by atoms with van der Waals surface area (Å²) in [5.41, 5.74) is 7.28. The highest BCUT2D eigenvalue weighted by Gasteiger charge is 2.39. The third-order valence-corrected chi connectivity index (χ3v) is 8.23. The molecule has 1 saturated heterocycles. The van der Waals surface area contributed by atoms with Crippen LogP contribution in [-0.4, -0.2) is 30.1 Å². The average molecular weight is 365 g/mol. The van der Waals surface area contributed by atoms with Gasteiger partial charge in [-0.2, -0.15) is 0 Å². The van der Waals surface area contributed by atoms with Crippen LogP contribution in [0.4, 0.5) is 0 Å². The molecule has 0 spiro atoms. The van der Waals surface area contributed by atoms with Crippen LogP contribution in [0.15, 0.2) is 0 Å². The van der Waals surface area contributed by atoms with E-state index >= 15 is 0 Å². The molecular formula is C24H48N2. The smallest absolute Gasteiger partial charge is 0.00416 e. The van der Waals surface area contributed by atoms with E-state index in [0.717, 1.165) is 11.8 Å². The third-order valence-electron chi connectivity index (χ3n) is 8.23. The van der Waals surface area contributed by atoms with Crippen LogP contribution in [0.25, 0.3) is 0 Å². The van der Waals surface area contributed by atoms with Crippen molar-refractivity contribution in [3.8, 4) is 0 Å². The Morgan fingerprint density at radius 1 is 0.923 bits per heavy atom. The van der Waals surface area contributed by atoms with Crippen LogP contribution in [-0.2, 0) is 0 Å². The Bertz CT molecular complexity index is 408. The summed E-state index contributed by atoms with van der Waals surface area (Å²) in [6.07, 6.45) is 13.6. The van der Waals surface area contributed by atoms with Crippen LogP contribution in [0.1, 0.15) is 106 Å². The van der Waals surface area contributed by atoms with E-state index in [1.165, 1.54) is 77.3 Å². The van der Waals surface area contributed by atoms with Crippen molar-refractivity contribution in [3.05, 3.63) is 0 Å². The SMILES string of the molecule is CCCC(C)(CCC(C)(C)C1CCCC(N)C1)C1CCN(C(C)C)CC1. The molecule has 0 aromatic heterocycles. The lowest BCUT2D eigenvalue weighted by molar-refractivity contribution is 0.0390. The lowest BCUT2D eigenvalue weighted by atomic mass is 9.62. The second kappa shape index (κ2) is 9.41. The highest BCUT2D eigenvalue weighted by Crippen LogP contribution is 2.48. The maximum absolute atomic E-state index is 6.30. The van der Waals surface area contributed by atoms with E-state index in [1.807, 2.05) is 0 Å². The van der Waals surface area contributed by atoms with Gasteiger partial charge in [-0.05, 0) is 101 Å². The molecule has 154 valence electrons. The standard InChI is InChI=1S/C24H48N2/c1-7-13-24(6,20-11-16-26(17-12-20)19(2)3)15-14-23(4,5)21-9-8-10-22(25)18-21/h19-22H,7-18,25H2,1-6H3. The van der Waals surface area contributed by atoms with Crippen LogP contribution < -0.4 is 5.73 Å². The van der Waals surface area contributed by atoms with Crippen molar-refractivity contribution in [2.24, 2.45) is 28.4 Å². The summed E-state index contributed by atoms with van der Waals surface area (Å²) < 4.78 is 0. The number of nitrogens with two attached hydrogens (primary N) is 1. The van der Waals surface area contributed by atoms with Gasteiger partial charge in [0.1, 0.15) is 0 Å². The average Bonchev–Trinajstić information content (AvgIpc) is 2.60. The monoisotopic (exact) mass is 364 g/mol. The zero-order valence-corrected chi connectivity index (χ0v) is 18.8. The van der Waals surface area contributed by atoms with Gasteiger partial charge in [-0.1, -0.05) is 40.5 Å². The maximum Gasteiger partial charge on any atom is 0.00416 e. The quantitative estimate of drug-likeness (QED) is 0.552. The lowest BCUT2D eigenvalue weighted by Crippen LogP contribution is -2.43. The molecule has 2 fully saturated rings. The molecule has 0 aromatic rings. The van der Waals surface area contributed by atoms with Gasteiger partial charge < -0.3 is 10.6 Å². The molecule has 2 nitrogen and oxygen atoms in total. The highest BCUT2D eigenvalue weighted by atomic mass is 15.1. The molecule has 2 rings (SSSR count). The van der Waals surface area contributed by atoms with Gasteiger partial charge in [0, 0.05) is 12.1 Å². The summed E-state index contributed by atoms with van der Waals surface area (Å²) in [7, 11) is 0. The molecule has 1 heterocycles. The molecule has 1 aliphatic heterocycles. The second-order valence-electron chi connectivity index (χ2n) is 10.9. The van der Waals surface area contributed by atoms with E-state index in [0.29, 0.717) is 22.9 Å². The van der Waals surface area contributed by atoms with Gasteiger partial charge in [0.05, 0.1) is 0 Å². The normalized spacial score (nSPS) is 29.1. The van der Waals surface area contributed by atoms with Crippen LogP contribution >= 0.6 is 0 Å². The molecule has 2 N–H and O–H groups in total. The number of hydrogen-bond acceptors (Lipinski definition) is 2. The number of hydrogen-bond donors (Lipinski definition) is 1. The summed E-state index contributed by atoms with van der Waals surface area (Å²) >= 11 is 0. The molecule has 0 aromatic carbocycles. The molecule has 2 heteroatoms. The summed E-state index contributed by atoms with van der Waals surface area (Å²) in [6, 6.07) is 1.17. The Balaban J connectivity index is 1.96. The molecule has 0 radical (unpaired) electrons. The van der Waals surface area contributed by atoms with E-state index in [1.54, 1.807) is 0 Å². The first-order valence-electron chi connectivity index (χ1n) is 11.7. The summed E-state index contributed by atoms with van der Waals surface area (Å²) in [5.74, 6) is 1.75. The predicted octanol–water partition coefficient (Wildman–Crippen LogP) is 6.24. The zero-order chi connectivity index (χ0) is 19.4. The molecule has 1 saturated carbocycles. The van der Waals surface area contributed by atoms with E-state index in [9.17, 15) is 0 Å². The predicted molar refractivity (Wildman–Crippen MR) is 115 cm³/mol. The van der Waals surface area contributed by atoms with Crippen molar-refractivity contribution in [3.63, 3.8) is 0 Å². The van der Waals surface area contributed by atoms with Crippen LogP contribution in [0.3, 0.4) is 0 Å². The van der Waals surface area contributed by atoms with Crippen molar-refractivity contribution in [2.75, 3.05) is 13.1 Å². The maximum atomic E-state index is 6.30. The fourth-order valence-corrected chi connectivity index (χ4v) is 5.97. The molecule has 0 amide bonds. The highest BCUT2D eigenvalue weighted by molar-refractivity contribution is 4.91. The Labute approximate surface area is 164 Å². The number of rotatable bonds is 8. The molecule has 0 bridgehead atoms. The molecule has 1 aliphatic carbocycles. The fourth-order valence-electron chi connectivity index (χ4n) is 5.97. The van der Waals surface area contributed by atoms with Gasteiger partial charge in [0.15, 0.2) is 0 Å². The second-order valence-corrected chi connectivity index (χ2v) is 10.9. The van der Waals surface area contributed by atoms with Gasteiger partial charge in [-0.25, -0.2) is 0 Å². The largest absolute Gasteiger partial charge is 0.328 e. The Hall–Kier alpha value is -0.0800. The van der Waals surface area contributed by atoms with Crippen molar-refractivity contribution in [1.82, 2.24) is 4.90 Å². The number of piperidine rings is 1. The first-order valence-corrected chi connectivity index (χ1v) is 11.7. The van der Waals surface area contributed by atoms with Gasteiger partial charge in [0.25, 0.3) is 0 Å². The van der Waals surface area contributed by atoms with E-state index in [2.05, 4.69) is 46.4 Å². The van der Waals surface area contributed by atoms with Crippen LogP contribution in [0.2, 0.25) is 0 Å². The van der Waals surface area contributed by atoms with Crippen molar-refractivity contribution < 1.29 is 0 Å². The van der Waals surface area contributed by atoms with E-state index in [-0.39, 0.29) is 0 Å². The van der Waals surface area contributed by atoms with Gasteiger partial charge in [-0.3, -0.25) is 0 Å². The van der Waals surface area contributed by atoms with E-state index in [4.69, 9.17) is 5.73 Å². The lowest BCUT2D eigenvalue weighted by Gasteiger charge is -2.46. The molecule has 26 heavy (non-hydrogen) atoms. The number of likely N-dealkylation sites (tertiary alicyclic amines) is 1. The zero-order valence-electron chi connectivity index (χ0n) is 18.8. The molecule has 3 unspecified atom stereocenters. The van der Waals surface area contributed by atoms with Crippen LogP contribution in [0.5, 0.6) is 0 Å². The van der Waals surface area contributed by atoms with Crippen LogP contribution in [0, 0.1) is 22.7 Å². The molecular weight excluding hydrogens is 316 g/mol. The van der Waals surface area contributed by atoms with Gasteiger partial charge >= 0.3 is 0 Å². The fraction of sp³-hybridized carbons (Fsp3) is 1.00. The topological polar surface area (TPSA) is 29.3 Å². The van der Waals surface area contributed by atoms with Gasteiger partial charge in [-0.15, -0.1) is 0 Å². The van der Waals surface area contributed by atoms with Gasteiger partial charge in [0.2, 0.25) is 0 Å². The summed E-state index contributed by atoms with van der Waals surface area (Å²) in [4.78, 5) is 2.68. The summed E-state index contributed by atoms with van der Waals surface area (Å²) in [5, 5.41) is 0. The first-order chi connectivity index (χ1) is 12.2. The summed E-state index contributed by atoms with van der Waals surface area (Å²) in [6.45, 7) is 17.4. The Morgan fingerprint density at radius 3 is 2.12 bits per heavy atom. The van der Waals surface area contributed by atoms with Crippen molar-refractivity contribution in [2.45, 2.75) is 118 Å². The van der Waals surface area contributed by atoms with Crippen molar-refractivity contribution >= 4 is 0 Å². The molecule has 3 atom stereocenters. The molecule has 2 aliphatic rings. The minimum absolute atomic E-state index is 0.450. The minimum Gasteiger partial charge on any atom is -0.328 e. The van der Waals surface area contributed by atoms with Crippen molar-refractivity contribution in [1.29, 1.82) is 0 Å². The van der Waals surface area contributed by atoms with E-state index < -0.39 is 0 Å². The third kappa shape index (κ3) is 5.71. The Kier molecular flexibility index (Phi) is 8.04. The first kappa shape index (κ1) is 22.2.